The standard InChI is InChI=1S/C18H19N3O3S2/c1-4-21-17(16-6-5-9-25-16)19-20-18(21)26-11-14(22)13-10-12(23-2)7-8-15(13)24-3/h5-10H,4,11H2,1-3H3. The van der Waals surface area contributed by atoms with E-state index in [0.717, 1.165) is 22.4 Å². The van der Waals surface area contributed by atoms with Crippen LogP contribution in [0.5, 0.6) is 11.5 Å². The predicted octanol–water partition coefficient (Wildman–Crippen LogP) is 4.02. The van der Waals surface area contributed by atoms with Crippen LogP contribution in [0.4, 0.5) is 0 Å². The number of Topliss-reactive ketones (excluding diaryl/α,β-unsaturated/α-hetero) is 1. The number of thiophene rings is 1. The Bertz CT molecular complexity index is 891. The van der Waals surface area contributed by atoms with Gasteiger partial charge < -0.3 is 14.0 Å². The van der Waals surface area contributed by atoms with Crippen LogP contribution in [0.1, 0.15) is 17.3 Å². The summed E-state index contributed by atoms with van der Waals surface area (Å²) in [5, 5.41) is 11.3. The van der Waals surface area contributed by atoms with Gasteiger partial charge in [-0.15, -0.1) is 21.5 Å². The van der Waals surface area contributed by atoms with Crippen LogP contribution in [0, 0.1) is 0 Å². The number of ketones is 1. The number of carbonyl (C=O) groups excluding carboxylic acids is 1. The number of methoxy groups -OCH3 is 2. The van der Waals surface area contributed by atoms with Gasteiger partial charge in [-0.05, 0) is 36.6 Å². The molecule has 2 aromatic heterocycles. The second-order valence-electron chi connectivity index (χ2n) is 5.31. The molecule has 6 nitrogen and oxygen atoms in total. The minimum atomic E-state index is -0.0472. The molecule has 0 unspecified atom stereocenters. The van der Waals surface area contributed by atoms with Gasteiger partial charge in [0.1, 0.15) is 11.5 Å². The summed E-state index contributed by atoms with van der Waals surface area (Å²) in [4.78, 5) is 13.8. The van der Waals surface area contributed by atoms with Crippen molar-refractivity contribution in [1.82, 2.24) is 14.8 Å². The van der Waals surface area contributed by atoms with E-state index in [9.17, 15) is 4.79 Å². The molecule has 0 atom stereocenters. The van der Waals surface area contributed by atoms with Crippen LogP contribution in [0.25, 0.3) is 10.7 Å². The van der Waals surface area contributed by atoms with Gasteiger partial charge in [-0.2, -0.15) is 0 Å². The van der Waals surface area contributed by atoms with Gasteiger partial charge in [0.2, 0.25) is 0 Å². The molecule has 1 aromatic carbocycles. The summed E-state index contributed by atoms with van der Waals surface area (Å²) >= 11 is 2.99. The Kier molecular flexibility index (Phi) is 5.95. The molecule has 0 aliphatic carbocycles. The fourth-order valence-corrected chi connectivity index (χ4v) is 4.11. The third-order valence-corrected chi connectivity index (χ3v) is 5.65. The van der Waals surface area contributed by atoms with E-state index in [1.165, 1.54) is 11.8 Å². The van der Waals surface area contributed by atoms with Crippen molar-refractivity contribution in [2.75, 3.05) is 20.0 Å². The van der Waals surface area contributed by atoms with Gasteiger partial charge in [-0.1, -0.05) is 17.8 Å². The number of nitrogens with zero attached hydrogens (tertiary/aromatic N) is 3. The smallest absolute Gasteiger partial charge is 0.191 e. The molecule has 0 amide bonds. The largest absolute Gasteiger partial charge is 0.497 e. The van der Waals surface area contributed by atoms with E-state index in [-0.39, 0.29) is 11.5 Å². The summed E-state index contributed by atoms with van der Waals surface area (Å²) in [7, 11) is 3.12. The Hall–Kier alpha value is -2.32. The van der Waals surface area contributed by atoms with Gasteiger partial charge >= 0.3 is 0 Å². The normalized spacial score (nSPS) is 10.7. The van der Waals surface area contributed by atoms with Crippen LogP contribution < -0.4 is 9.47 Å². The van der Waals surface area contributed by atoms with Gasteiger partial charge in [0, 0.05) is 6.54 Å². The quantitative estimate of drug-likeness (QED) is 0.428. The number of carbonyl (C=O) groups is 1. The lowest BCUT2D eigenvalue weighted by Crippen LogP contribution is -2.07. The van der Waals surface area contributed by atoms with Crippen molar-refractivity contribution >= 4 is 28.9 Å². The molecule has 0 aliphatic rings. The number of rotatable bonds is 8. The minimum absolute atomic E-state index is 0.0472. The summed E-state index contributed by atoms with van der Waals surface area (Å²) in [6.07, 6.45) is 0. The highest BCUT2D eigenvalue weighted by molar-refractivity contribution is 7.99. The molecule has 0 N–H and O–H groups in total. The first kappa shape index (κ1) is 18.5. The lowest BCUT2D eigenvalue weighted by atomic mass is 10.1. The first-order chi connectivity index (χ1) is 12.7. The monoisotopic (exact) mass is 389 g/mol. The van der Waals surface area contributed by atoms with Crippen LogP contribution in [-0.2, 0) is 6.54 Å². The molecule has 0 radical (unpaired) electrons. The molecule has 0 bridgehead atoms. The molecule has 3 aromatic rings. The molecule has 0 saturated heterocycles. The highest BCUT2D eigenvalue weighted by atomic mass is 32.2. The van der Waals surface area contributed by atoms with Crippen molar-refractivity contribution in [3.63, 3.8) is 0 Å². The van der Waals surface area contributed by atoms with Crippen LogP contribution in [0.2, 0.25) is 0 Å². The van der Waals surface area contributed by atoms with Crippen LogP contribution >= 0.6 is 23.1 Å². The molecule has 2 heterocycles. The van der Waals surface area contributed by atoms with E-state index < -0.39 is 0 Å². The third kappa shape index (κ3) is 3.76. The van der Waals surface area contributed by atoms with E-state index in [4.69, 9.17) is 9.47 Å². The molecule has 0 spiro atoms. The van der Waals surface area contributed by atoms with Crippen LogP contribution in [-0.4, -0.2) is 40.5 Å². The number of thioether (sulfide) groups is 1. The number of ether oxygens (including phenoxy) is 2. The molecule has 8 heteroatoms. The van der Waals surface area contributed by atoms with E-state index >= 15 is 0 Å². The first-order valence-corrected chi connectivity index (χ1v) is 9.89. The second-order valence-corrected chi connectivity index (χ2v) is 7.20. The van der Waals surface area contributed by atoms with Crippen molar-refractivity contribution in [3.05, 3.63) is 41.3 Å². The average Bonchev–Trinajstić information content (AvgIpc) is 3.34. The Balaban J connectivity index is 1.78. The fourth-order valence-electron chi connectivity index (χ4n) is 2.51. The fraction of sp³-hybridized carbons (Fsp3) is 0.278. The van der Waals surface area contributed by atoms with Crippen molar-refractivity contribution in [3.8, 4) is 22.2 Å². The highest BCUT2D eigenvalue weighted by Crippen LogP contribution is 2.29. The minimum Gasteiger partial charge on any atom is -0.497 e. The zero-order valence-electron chi connectivity index (χ0n) is 14.8. The van der Waals surface area contributed by atoms with E-state index in [1.807, 2.05) is 29.0 Å². The topological polar surface area (TPSA) is 66.2 Å². The van der Waals surface area contributed by atoms with Crippen LogP contribution in [0.15, 0.2) is 40.9 Å². The summed E-state index contributed by atoms with van der Waals surface area (Å²) in [5.74, 6) is 2.18. The maximum Gasteiger partial charge on any atom is 0.191 e. The lowest BCUT2D eigenvalue weighted by Gasteiger charge is -2.10. The number of aromatic nitrogens is 3. The Morgan fingerprint density at radius 1 is 1.23 bits per heavy atom. The second kappa shape index (κ2) is 8.37. The Morgan fingerprint density at radius 2 is 2.08 bits per heavy atom. The Morgan fingerprint density at radius 3 is 2.73 bits per heavy atom. The Labute approximate surface area is 160 Å². The molecule has 0 aliphatic heterocycles. The van der Waals surface area contributed by atoms with Crippen molar-refractivity contribution in [1.29, 1.82) is 0 Å². The zero-order valence-corrected chi connectivity index (χ0v) is 16.4. The molecule has 0 saturated carbocycles. The van der Waals surface area contributed by atoms with E-state index in [1.54, 1.807) is 43.8 Å². The third-order valence-electron chi connectivity index (χ3n) is 3.81. The maximum atomic E-state index is 12.7. The molecule has 136 valence electrons. The number of benzene rings is 1. The van der Waals surface area contributed by atoms with Gasteiger partial charge in [-0.3, -0.25) is 4.79 Å². The highest BCUT2D eigenvalue weighted by Gasteiger charge is 2.18. The molecule has 0 fully saturated rings. The number of hydrogen-bond donors (Lipinski definition) is 0. The van der Waals surface area contributed by atoms with Gasteiger partial charge in [0.15, 0.2) is 16.8 Å². The van der Waals surface area contributed by atoms with Crippen LogP contribution in [0.3, 0.4) is 0 Å². The molecular weight excluding hydrogens is 370 g/mol. The van der Waals surface area contributed by atoms with E-state index in [0.29, 0.717) is 17.1 Å². The zero-order chi connectivity index (χ0) is 18.5. The average molecular weight is 390 g/mol. The predicted molar refractivity (Wildman–Crippen MR) is 104 cm³/mol. The SMILES string of the molecule is CCn1c(SCC(=O)c2cc(OC)ccc2OC)nnc1-c1cccs1. The summed E-state index contributed by atoms with van der Waals surface area (Å²) in [5.41, 5.74) is 0.500. The van der Waals surface area contributed by atoms with Gasteiger partial charge in [0.05, 0.1) is 30.4 Å². The van der Waals surface area contributed by atoms with Crippen molar-refractivity contribution in [2.24, 2.45) is 0 Å². The number of hydrogen-bond acceptors (Lipinski definition) is 7. The maximum absolute atomic E-state index is 12.7. The lowest BCUT2D eigenvalue weighted by molar-refractivity contribution is 0.101. The molecular formula is C18H19N3O3S2. The van der Waals surface area contributed by atoms with Crippen molar-refractivity contribution in [2.45, 2.75) is 18.6 Å². The first-order valence-electron chi connectivity index (χ1n) is 8.03. The molecule has 26 heavy (non-hydrogen) atoms. The summed E-state index contributed by atoms with van der Waals surface area (Å²) in [6.45, 7) is 2.77. The van der Waals surface area contributed by atoms with E-state index in [2.05, 4.69) is 10.2 Å². The molecule has 3 rings (SSSR count). The van der Waals surface area contributed by atoms with Gasteiger partial charge in [0.25, 0.3) is 0 Å². The van der Waals surface area contributed by atoms with Crippen molar-refractivity contribution < 1.29 is 14.3 Å². The summed E-state index contributed by atoms with van der Waals surface area (Å²) in [6, 6.07) is 9.20. The van der Waals surface area contributed by atoms with Gasteiger partial charge in [-0.25, -0.2) is 0 Å². The summed E-state index contributed by atoms with van der Waals surface area (Å²) < 4.78 is 12.5.